The van der Waals surface area contributed by atoms with Gasteiger partial charge in [0, 0.05) is 16.6 Å². The van der Waals surface area contributed by atoms with Crippen molar-refractivity contribution in [3.8, 4) is 5.75 Å². The van der Waals surface area contributed by atoms with E-state index in [4.69, 9.17) is 0 Å². The first-order valence-corrected chi connectivity index (χ1v) is 6.45. The van der Waals surface area contributed by atoms with E-state index in [0.717, 1.165) is 22.2 Å². The maximum Gasteiger partial charge on any atom is 0.238 e. The third-order valence-corrected chi connectivity index (χ3v) is 3.79. The molecule has 0 bridgehead atoms. The molecule has 20 heavy (non-hydrogen) atoms. The second-order valence-electron chi connectivity index (χ2n) is 4.94. The fourth-order valence-electron chi connectivity index (χ4n) is 2.85. The van der Waals surface area contributed by atoms with Crippen molar-refractivity contribution in [3.63, 3.8) is 0 Å². The maximum atomic E-state index is 12.2. The molecule has 1 unspecified atom stereocenters. The Kier molecular flexibility index (Phi) is 2.15. The van der Waals surface area contributed by atoms with E-state index in [1.807, 2.05) is 48.5 Å². The topological polar surface area (TPSA) is 65.1 Å². The van der Waals surface area contributed by atoms with Crippen LogP contribution < -0.4 is 5.32 Å². The maximum absolute atomic E-state index is 12.2. The number of carbonyl (C=O) groups is 1. The number of aromatic nitrogens is 1. The molecule has 1 aliphatic heterocycles. The zero-order valence-corrected chi connectivity index (χ0v) is 10.6. The minimum Gasteiger partial charge on any atom is -0.505 e. The quantitative estimate of drug-likeness (QED) is 0.632. The van der Waals surface area contributed by atoms with Crippen molar-refractivity contribution >= 4 is 22.5 Å². The van der Waals surface area contributed by atoms with Gasteiger partial charge < -0.3 is 15.4 Å². The summed E-state index contributed by atoms with van der Waals surface area (Å²) in [7, 11) is 0. The molecule has 1 aromatic heterocycles. The van der Waals surface area contributed by atoms with Gasteiger partial charge in [-0.25, -0.2) is 0 Å². The molecule has 3 aromatic rings. The van der Waals surface area contributed by atoms with Gasteiger partial charge in [-0.15, -0.1) is 0 Å². The zero-order valence-electron chi connectivity index (χ0n) is 10.6. The smallest absolute Gasteiger partial charge is 0.238 e. The first kappa shape index (κ1) is 11.1. The van der Waals surface area contributed by atoms with Gasteiger partial charge in [-0.1, -0.05) is 30.3 Å². The van der Waals surface area contributed by atoms with E-state index < -0.39 is 5.92 Å². The summed E-state index contributed by atoms with van der Waals surface area (Å²) in [6, 6.07) is 15.0. The predicted molar refractivity (Wildman–Crippen MR) is 76.9 cm³/mol. The Bertz CT molecular complexity index is 835. The summed E-state index contributed by atoms with van der Waals surface area (Å²) in [4.78, 5) is 15.4. The molecule has 98 valence electrons. The van der Waals surface area contributed by atoms with E-state index in [0.29, 0.717) is 5.69 Å². The van der Waals surface area contributed by atoms with Crippen molar-refractivity contribution in [1.82, 2.24) is 4.98 Å². The van der Waals surface area contributed by atoms with E-state index in [9.17, 15) is 9.90 Å². The fraction of sp³-hybridized carbons (Fsp3) is 0.0625. The number of fused-ring (bicyclic) bond motifs is 2. The third kappa shape index (κ3) is 1.39. The molecule has 0 spiro atoms. The average Bonchev–Trinajstić information content (AvgIpc) is 2.96. The lowest BCUT2D eigenvalue weighted by Gasteiger charge is -2.07. The molecule has 2 heterocycles. The minimum absolute atomic E-state index is 0.118. The number of H-pyrrole nitrogens is 1. The molecule has 0 saturated heterocycles. The summed E-state index contributed by atoms with van der Waals surface area (Å²) in [5.74, 6) is -0.455. The average molecular weight is 264 g/mol. The summed E-state index contributed by atoms with van der Waals surface area (Å²) in [6.45, 7) is 0. The van der Waals surface area contributed by atoms with Gasteiger partial charge in [0.15, 0.2) is 0 Å². The number of carbonyl (C=O) groups excluding carboxylic acids is 1. The molecule has 1 atom stereocenters. The van der Waals surface area contributed by atoms with Gasteiger partial charge in [0.25, 0.3) is 0 Å². The van der Waals surface area contributed by atoms with Crippen LogP contribution in [0.15, 0.2) is 48.5 Å². The summed E-state index contributed by atoms with van der Waals surface area (Å²) in [5, 5.41) is 14.0. The van der Waals surface area contributed by atoms with Crippen molar-refractivity contribution in [3.05, 3.63) is 59.8 Å². The molecule has 3 N–H and O–H groups in total. The largest absolute Gasteiger partial charge is 0.505 e. The lowest BCUT2D eigenvalue weighted by molar-refractivity contribution is -0.116. The van der Waals surface area contributed by atoms with E-state index >= 15 is 0 Å². The van der Waals surface area contributed by atoms with Crippen LogP contribution in [0, 0.1) is 0 Å². The SMILES string of the molecule is O=C1Nc2ccccc2C1c1[nH]c2ccccc2c1O. The van der Waals surface area contributed by atoms with Gasteiger partial charge >= 0.3 is 0 Å². The number of aromatic hydroxyl groups is 1. The van der Waals surface area contributed by atoms with Crippen LogP contribution in [0.5, 0.6) is 5.75 Å². The Balaban J connectivity index is 1.96. The van der Waals surface area contributed by atoms with Crippen molar-refractivity contribution in [2.75, 3.05) is 5.32 Å². The number of hydrogen-bond acceptors (Lipinski definition) is 2. The lowest BCUT2D eigenvalue weighted by atomic mass is 9.96. The molecule has 0 fully saturated rings. The second kappa shape index (κ2) is 3.87. The molecular weight excluding hydrogens is 252 g/mol. The van der Waals surface area contributed by atoms with E-state index in [-0.39, 0.29) is 11.7 Å². The monoisotopic (exact) mass is 264 g/mol. The molecule has 1 amide bonds. The van der Waals surface area contributed by atoms with Crippen LogP contribution in [-0.4, -0.2) is 16.0 Å². The van der Waals surface area contributed by atoms with Gasteiger partial charge in [-0.05, 0) is 23.8 Å². The number of aromatic amines is 1. The van der Waals surface area contributed by atoms with Crippen LogP contribution in [0.4, 0.5) is 5.69 Å². The molecule has 1 aliphatic rings. The Morgan fingerprint density at radius 2 is 1.75 bits per heavy atom. The Hall–Kier alpha value is -2.75. The first-order chi connectivity index (χ1) is 9.75. The van der Waals surface area contributed by atoms with E-state index in [1.54, 1.807) is 0 Å². The molecule has 4 nitrogen and oxygen atoms in total. The van der Waals surface area contributed by atoms with Crippen LogP contribution >= 0.6 is 0 Å². The zero-order chi connectivity index (χ0) is 13.7. The molecular formula is C16H12N2O2. The van der Waals surface area contributed by atoms with E-state index in [1.165, 1.54) is 0 Å². The Morgan fingerprint density at radius 1 is 1.00 bits per heavy atom. The van der Waals surface area contributed by atoms with Crippen LogP contribution in [-0.2, 0) is 4.79 Å². The second-order valence-corrected chi connectivity index (χ2v) is 4.94. The number of hydrogen-bond donors (Lipinski definition) is 3. The van der Waals surface area contributed by atoms with Gasteiger partial charge in [-0.2, -0.15) is 0 Å². The summed E-state index contributed by atoms with van der Waals surface area (Å²) < 4.78 is 0. The molecule has 2 aromatic carbocycles. The van der Waals surface area contributed by atoms with Crippen molar-refractivity contribution in [2.24, 2.45) is 0 Å². The van der Waals surface area contributed by atoms with Gasteiger partial charge in [-0.3, -0.25) is 4.79 Å². The lowest BCUT2D eigenvalue weighted by Crippen LogP contribution is -2.13. The number of benzene rings is 2. The van der Waals surface area contributed by atoms with Crippen LogP contribution in [0.3, 0.4) is 0 Å². The van der Waals surface area contributed by atoms with Crippen molar-refractivity contribution < 1.29 is 9.90 Å². The number of rotatable bonds is 1. The Morgan fingerprint density at radius 3 is 2.60 bits per heavy atom. The fourth-order valence-corrected chi connectivity index (χ4v) is 2.85. The standard InChI is InChI=1S/C16H12N2O2/c19-15-10-6-2-4-8-12(10)17-14(15)13-9-5-1-3-7-11(9)18-16(13)20/h1-8,13,17,19H,(H,18,20). The molecule has 0 aliphatic carbocycles. The molecule has 0 saturated carbocycles. The summed E-state index contributed by atoms with van der Waals surface area (Å²) in [5.41, 5.74) is 3.07. The number of para-hydroxylation sites is 2. The molecule has 0 radical (unpaired) electrons. The normalized spacial score (nSPS) is 17.2. The van der Waals surface area contributed by atoms with Gasteiger partial charge in [0.1, 0.15) is 11.7 Å². The minimum atomic E-state index is -0.487. The highest BCUT2D eigenvalue weighted by Crippen LogP contribution is 2.42. The molecule has 4 rings (SSSR count). The number of amides is 1. The van der Waals surface area contributed by atoms with Gasteiger partial charge in [0.05, 0.1) is 5.69 Å². The number of nitrogens with one attached hydrogen (secondary N) is 2. The van der Waals surface area contributed by atoms with Crippen LogP contribution in [0.2, 0.25) is 0 Å². The predicted octanol–water partition coefficient (Wildman–Crippen LogP) is 2.96. The Labute approximate surface area is 115 Å². The number of anilines is 1. The highest BCUT2D eigenvalue weighted by Gasteiger charge is 2.35. The van der Waals surface area contributed by atoms with E-state index in [2.05, 4.69) is 10.3 Å². The molecule has 4 heteroatoms. The first-order valence-electron chi connectivity index (χ1n) is 6.45. The summed E-state index contributed by atoms with van der Waals surface area (Å²) in [6.07, 6.45) is 0. The van der Waals surface area contributed by atoms with Crippen molar-refractivity contribution in [2.45, 2.75) is 5.92 Å². The third-order valence-electron chi connectivity index (χ3n) is 3.79. The van der Waals surface area contributed by atoms with Gasteiger partial charge in [0.2, 0.25) is 5.91 Å². The highest BCUT2D eigenvalue weighted by molar-refractivity contribution is 6.06. The summed E-state index contributed by atoms with van der Waals surface area (Å²) >= 11 is 0. The van der Waals surface area contributed by atoms with Crippen molar-refractivity contribution in [1.29, 1.82) is 0 Å². The van der Waals surface area contributed by atoms with Crippen LogP contribution in [0.25, 0.3) is 10.9 Å². The highest BCUT2D eigenvalue weighted by atomic mass is 16.3. The van der Waals surface area contributed by atoms with Crippen LogP contribution in [0.1, 0.15) is 17.2 Å².